The zero-order valence-corrected chi connectivity index (χ0v) is 28.7. The van der Waals surface area contributed by atoms with Gasteiger partial charge < -0.3 is 4.90 Å². The van der Waals surface area contributed by atoms with Gasteiger partial charge in [-0.3, -0.25) is 0 Å². The third-order valence-electron chi connectivity index (χ3n) is 9.42. The van der Waals surface area contributed by atoms with Crippen LogP contribution in [0.15, 0.2) is 224 Å². The second-order valence-electron chi connectivity index (χ2n) is 12.7. The van der Waals surface area contributed by atoms with Crippen LogP contribution in [0.25, 0.3) is 66.4 Å². The molecule has 0 amide bonds. The summed E-state index contributed by atoms with van der Waals surface area (Å²) in [5, 5.41) is 1.63. The molecule has 0 atom stereocenters. The van der Waals surface area contributed by atoms with E-state index in [9.17, 15) is 11.0 Å². The van der Waals surface area contributed by atoms with E-state index in [1.54, 1.807) is 18.2 Å². The highest BCUT2D eigenvalue weighted by atomic mass is 15.1. The standard InChI is InChI=1S/C52H37N/c1-4-15-38(16-5-1)44-22-14-23-45(37-44)39-27-32-46(33-28-39)53(51-26-13-12-24-48(51)40-17-6-2-7-18-40)47-34-29-43(30-35-47)52-49-25-11-10-21-42(49)31-36-50(52)41-19-8-3-9-20-41/h1-37H/i27D,28D,29D,30D,32D,33D,34D,35D. The Morgan fingerprint density at radius 3 is 1.47 bits per heavy atom. The van der Waals surface area contributed by atoms with Gasteiger partial charge in [0.15, 0.2) is 0 Å². The van der Waals surface area contributed by atoms with Crippen LogP contribution in [-0.2, 0) is 0 Å². The fraction of sp³-hybridized carbons (Fsp3) is 0. The highest BCUT2D eigenvalue weighted by Gasteiger charge is 2.19. The number of benzene rings is 9. The number of anilines is 3. The molecule has 0 fully saturated rings. The van der Waals surface area contributed by atoms with E-state index in [1.807, 2.05) is 158 Å². The minimum absolute atomic E-state index is 0.104. The van der Waals surface area contributed by atoms with Gasteiger partial charge in [0, 0.05) is 16.9 Å². The van der Waals surface area contributed by atoms with Crippen molar-refractivity contribution in [2.24, 2.45) is 0 Å². The molecule has 0 spiro atoms. The van der Waals surface area contributed by atoms with Crippen LogP contribution in [0.5, 0.6) is 0 Å². The molecular formula is C52H37N. The van der Waals surface area contributed by atoms with Crippen molar-refractivity contribution in [1.29, 1.82) is 0 Å². The lowest BCUT2D eigenvalue weighted by Gasteiger charge is -2.28. The Morgan fingerprint density at radius 2 is 0.811 bits per heavy atom. The summed E-state index contributed by atoms with van der Waals surface area (Å²) in [6.45, 7) is 0. The average molecular weight is 684 g/mol. The highest BCUT2D eigenvalue weighted by molar-refractivity contribution is 6.04. The highest BCUT2D eigenvalue weighted by Crippen LogP contribution is 2.43. The fourth-order valence-corrected chi connectivity index (χ4v) is 6.87. The number of para-hydroxylation sites is 1. The molecule has 1 heteroatoms. The molecule has 53 heavy (non-hydrogen) atoms. The lowest BCUT2D eigenvalue weighted by atomic mass is 9.89. The van der Waals surface area contributed by atoms with Crippen LogP contribution >= 0.6 is 0 Å². The third kappa shape index (κ3) is 6.42. The van der Waals surface area contributed by atoms with Crippen LogP contribution in [-0.4, -0.2) is 0 Å². The molecule has 0 aliphatic carbocycles. The van der Waals surface area contributed by atoms with Gasteiger partial charge in [0.2, 0.25) is 0 Å². The summed E-state index contributed by atoms with van der Waals surface area (Å²) in [4.78, 5) is 1.39. The van der Waals surface area contributed by atoms with Crippen molar-refractivity contribution < 1.29 is 11.0 Å². The first-order valence-corrected chi connectivity index (χ1v) is 17.5. The van der Waals surface area contributed by atoms with Crippen molar-refractivity contribution in [2.45, 2.75) is 0 Å². The van der Waals surface area contributed by atoms with Crippen molar-refractivity contribution in [1.82, 2.24) is 0 Å². The zero-order valence-electron chi connectivity index (χ0n) is 36.7. The summed E-state index contributed by atoms with van der Waals surface area (Å²) in [6, 6.07) is 52.1. The third-order valence-corrected chi connectivity index (χ3v) is 9.42. The molecule has 1 nitrogen and oxygen atoms in total. The number of rotatable bonds is 8. The van der Waals surface area contributed by atoms with Gasteiger partial charge in [-0.15, -0.1) is 0 Å². The van der Waals surface area contributed by atoms with Crippen LogP contribution in [0.4, 0.5) is 17.1 Å². The number of hydrogen-bond acceptors (Lipinski definition) is 1. The average Bonchev–Trinajstić information content (AvgIpc) is 3.31. The summed E-state index contributed by atoms with van der Waals surface area (Å²) < 4.78 is 77.2. The zero-order chi connectivity index (χ0) is 42.4. The molecule has 0 aliphatic heterocycles. The molecule has 0 aliphatic rings. The van der Waals surface area contributed by atoms with Crippen molar-refractivity contribution in [2.75, 3.05) is 4.90 Å². The van der Waals surface area contributed by atoms with Crippen molar-refractivity contribution >= 4 is 27.8 Å². The Bertz CT molecular complexity index is 3060. The Balaban J connectivity index is 1.33. The maximum Gasteiger partial charge on any atom is 0.0645 e. The van der Waals surface area contributed by atoms with Gasteiger partial charge in [0.05, 0.1) is 16.7 Å². The van der Waals surface area contributed by atoms with Crippen LogP contribution in [0.3, 0.4) is 0 Å². The first kappa shape index (κ1) is 24.3. The topological polar surface area (TPSA) is 3.24 Å². The Kier molecular flexibility index (Phi) is 6.57. The van der Waals surface area contributed by atoms with E-state index >= 15 is 0 Å². The summed E-state index contributed by atoms with van der Waals surface area (Å²) in [5.74, 6) is 0. The largest absolute Gasteiger partial charge is 0.310 e. The minimum Gasteiger partial charge on any atom is -0.310 e. The normalized spacial score (nSPS) is 13.1. The first-order valence-electron chi connectivity index (χ1n) is 21.5. The van der Waals surface area contributed by atoms with E-state index in [1.165, 1.54) is 4.90 Å². The lowest BCUT2D eigenvalue weighted by Crippen LogP contribution is -2.11. The SMILES string of the molecule is [2H]c1c([2H])c(N(c2ccccc2-c2ccccc2)c2c([2H])c([2H])c(-c3c(-c4ccccc4)ccc4ccccc34)c([2H])c2[2H])c([2H])c([2H])c1-c1cccc(-c2ccccc2)c1. The molecule has 0 heterocycles. The molecule has 0 saturated heterocycles. The summed E-state index contributed by atoms with van der Waals surface area (Å²) in [7, 11) is 0. The number of hydrogen-bond donors (Lipinski definition) is 0. The monoisotopic (exact) mass is 683 g/mol. The molecule has 9 rings (SSSR count). The van der Waals surface area contributed by atoms with Gasteiger partial charge in [-0.25, -0.2) is 0 Å². The van der Waals surface area contributed by atoms with Crippen molar-refractivity contribution in [3.63, 3.8) is 0 Å². The quantitative estimate of drug-likeness (QED) is 0.154. The van der Waals surface area contributed by atoms with E-state index in [-0.39, 0.29) is 46.7 Å². The summed E-state index contributed by atoms with van der Waals surface area (Å²) >= 11 is 0. The maximum atomic E-state index is 9.79. The molecule has 9 aromatic carbocycles. The lowest BCUT2D eigenvalue weighted by molar-refractivity contribution is 1.28. The van der Waals surface area contributed by atoms with Crippen LogP contribution in [0.1, 0.15) is 11.0 Å². The van der Waals surface area contributed by atoms with E-state index in [4.69, 9.17) is 0 Å². The van der Waals surface area contributed by atoms with Crippen LogP contribution < -0.4 is 4.90 Å². The molecular weight excluding hydrogens is 639 g/mol. The Labute approximate surface area is 323 Å². The van der Waals surface area contributed by atoms with Gasteiger partial charge in [0.1, 0.15) is 0 Å². The smallest absolute Gasteiger partial charge is 0.0645 e. The molecule has 0 bridgehead atoms. The number of fused-ring (bicyclic) bond motifs is 1. The van der Waals surface area contributed by atoms with E-state index in [2.05, 4.69) is 0 Å². The summed E-state index contributed by atoms with van der Waals surface area (Å²) in [5.41, 5.74) is 5.98. The van der Waals surface area contributed by atoms with Crippen LogP contribution in [0, 0.1) is 0 Å². The van der Waals surface area contributed by atoms with E-state index in [0.717, 1.165) is 38.6 Å². The second-order valence-corrected chi connectivity index (χ2v) is 12.7. The predicted molar refractivity (Wildman–Crippen MR) is 226 cm³/mol. The van der Waals surface area contributed by atoms with Gasteiger partial charge in [-0.05, 0) is 97.1 Å². The molecule has 0 radical (unpaired) electrons. The van der Waals surface area contributed by atoms with Gasteiger partial charge in [0.25, 0.3) is 0 Å². The van der Waals surface area contributed by atoms with Crippen LogP contribution in [0.2, 0.25) is 0 Å². The number of nitrogens with zero attached hydrogens (tertiary/aromatic N) is 1. The molecule has 0 aromatic heterocycles. The van der Waals surface area contributed by atoms with E-state index in [0.29, 0.717) is 22.4 Å². The predicted octanol–water partition coefficient (Wildman–Crippen LogP) is 14.6. The second kappa shape index (κ2) is 14.3. The molecule has 0 N–H and O–H groups in total. The van der Waals surface area contributed by atoms with E-state index < -0.39 is 24.2 Å². The molecule has 0 saturated carbocycles. The van der Waals surface area contributed by atoms with Crippen molar-refractivity contribution in [3.8, 4) is 55.6 Å². The van der Waals surface area contributed by atoms with Gasteiger partial charge in [-0.1, -0.05) is 188 Å². The Hall–Kier alpha value is -6.96. The minimum atomic E-state index is -0.401. The molecule has 0 unspecified atom stereocenters. The Morgan fingerprint density at radius 1 is 0.321 bits per heavy atom. The fourth-order valence-electron chi connectivity index (χ4n) is 6.87. The first-order chi connectivity index (χ1) is 29.7. The maximum absolute atomic E-state index is 9.79. The molecule has 250 valence electrons. The van der Waals surface area contributed by atoms with Crippen molar-refractivity contribution in [3.05, 3.63) is 224 Å². The van der Waals surface area contributed by atoms with Gasteiger partial charge >= 0.3 is 0 Å². The summed E-state index contributed by atoms with van der Waals surface area (Å²) in [6.07, 6.45) is 0. The molecule has 9 aromatic rings. The van der Waals surface area contributed by atoms with Gasteiger partial charge in [-0.2, -0.15) is 0 Å².